The fourth-order valence-corrected chi connectivity index (χ4v) is 8.08. The number of hydrogen-bond donors (Lipinski definition) is 0. The van der Waals surface area contributed by atoms with Crippen molar-refractivity contribution in [3.05, 3.63) is 81.4 Å². The molecule has 1 atom stereocenters. The average molecular weight is 457 g/mol. The van der Waals surface area contributed by atoms with Crippen molar-refractivity contribution >= 4 is 75.0 Å². The lowest BCUT2D eigenvalue weighted by atomic mass is 9.98. The highest BCUT2D eigenvalue weighted by Gasteiger charge is 2.16. The van der Waals surface area contributed by atoms with Crippen molar-refractivity contribution in [2.24, 2.45) is 0 Å². The first-order valence-corrected chi connectivity index (χ1v) is 13.4. The van der Waals surface area contributed by atoms with Gasteiger partial charge in [0.25, 0.3) is 0 Å². The second-order valence-corrected chi connectivity index (χ2v) is 12.0. The Morgan fingerprint density at radius 1 is 0.710 bits per heavy atom. The Morgan fingerprint density at radius 2 is 1.48 bits per heavy atom. The van der Waals surface area contributed by atoms with Gasteiger partial charge < -0.3 is 0 Å². The molecule has 0 aliphatic carbocycles. The topological polar surface area (TPSA) is 0 Å². The lowest BCUT2D eigenvalue weighted by Crippen LogP contribution is -1.94. The highest BCUT2D eigenvalue weighted by molar-refractivity contribution is 7.26. The zero-order chi connectivity index (χ0) is 21.1. The van der Waals surface area contributed by atoms with Gasteiger partial charge in [-0.05, 0) is 80.4 Å². The molecule has 1 unspecified atom stereocenters. The van der Waals surface area contributed by atoms with Gasteiger partial charge in [0, 0.05) is 14.5 Å². The second-order valence-electron chi connectivity index (χ2n) is 8.92. The molecule has 0 saturated carbocycles. The van der Waals surface area contributed by atoms with E-state index in [0.717, 1.165) is 6.42 Å². The summed E-state index contributed by atoms with van der Waals surface area (Å²) in [5.74, 6) is 1.11. The Kier molecular flexibility index (Phi) is 4.68. The summed E-state index contributed by atoms with van der Waals surface area (Å²) < 4.78 is 4.34. The van der Waals surface area contributed by atoms with E-state index in [0.29, 0.717) is 11.8 Å². The third-order valence-electron chi connectivity index (χ3n) is 6.31. The van der Waals surface area contributed by atoms with Crippen LogP contribution in [0.2, 0.25) is 0 Å². The van der Waals surface area contributed by atoms with Crippen LogP contribution in [-0.2, 0) is 6.42 Å². The monoisotopic (exact) mass is 456 g/mol. The molecule has 0 aliphatic heterocycles. The number of rotatable bonds is 4. The molecule has 0 aliphatic rings. The summed E-state index contributed by atoms with van der Waals surface area (Å²) in [6.45, 7) is 6.96. The van der Waals surface area contributed by atoms with E-state index < -0.39 is 0 Å². The van der Waals surface area contributed by atoms with Gasteiger partial charge in [-0.3, -0.25) is 0 Å². The molecule has 3 heteroatoms. The second kappa shape index (κ2) is 7.44. The van der Waals surface area contributed by atoms with Gasteiger partial charge in [-0.2, -0.15) is 0 Å². The predicted molar refractivity (Wildman–Crippen MR) is 143 cm³/mol. The van der Waals surface area contributed by atoms with Crippen molar-refractivity contribution < 1.29 is 0 Å². The molecule has 0 saturated heterocycles. The van der Waals surface area contributed by atoms with Gasteiger partial charge in [0.2, 0.25) is 0 Å². The Balaban J connectivity index is 1.36. The first-order chi connectivity index (χ1) is 15.1. The molecule has 6 rings (SSSR count). The number of thiophene rings is 3. The maximum absolute atomic E-state index is 2.41. The molecule has 0 spiro atoms. The van der Waals surface area contributed by atoms with E-state index >= 15 is 0 Å². The minimum atomic E-state index is 0.517. The molecule has 0 amide bonds. The maximum atomic E-state index is 2.41. The van der Waals surface area contributed by atoms with E-state index in [1.54, 1.807) is 0 Å². The van der Waals surface area contributed by atoms with Gasteiger partial charge in [-0.15, -0.1) is 34.0 Å². The summed E-state index contributed by atoms with van der Waals surface area (Å²) in [4.78, 5) is 2.98. The van der Waals surface area contributed by atoms with E-state index in [9.17, 15) is 0 Å². The van der Waals surface area contributed by atoms with E-state index in [4.69, 9.17) is 0 Å². The van der Waals surface area contributed by atoms with E-state index in [1.807, 2.05) is 34.0 Å². The third-order valence-corrected chi connectivity index (χ3v) is 10.3. The van der Waals surface area contributed by atoms with Gasteiger partial charge in [0.15, 0.2) is 0 Å². The standard InChI is InChI=1S/C28H24S3/c1-16(2)24-13-20-8-9-23-22(15-29-28(23)27(20)31-24)10-17(3)25-14-21-11-18-6-4-5-7-19(18)12-26(21)30-25/h4-9,11-17H,10H2,1-3H3. The van der Waals surface area contributed by atoms with Crippen LogP contribution in [0.5, 0.6) is 0 Å². The quantitative estimate of drug-likeness (QED) is 0.247. The van der Waals surface area contributed by atoms with Crippen molar-refractivity contribution in [1.82, 2.24) is 0 Å². The van der Waals surface area contributed by atoms with Crippen molar-refractivity contribution in [3.8, 4) is 0 Å². The molecule has 0 bridgehead atoms. The predicted octanol–water partition coefficient (Wildman–Crippen LogP) is 9.95. The molecule has 31 heavy (non-hydrogen) atoms. The van der Waals surface area contributed by atoms with Gasteiger partial charge in [0.05, 0.1) is 9.40 Å². The number of hydrogen-bond acceptors (Lipinski definition) is 3. The highest BCUT2D eigenvalue weighted by Crippen LogP contribution is 2.41. The maximum Gasteiger partial charge on any atom is 0.0524 e. The Morgan fingerprint density at radius 3 is 2.29 bits per heavy atom. The van der Waals surface area contributed by atoms with Gasteiger partial charge >= 0.3 is 0 Å². The summed E-state index contributed by atoms with van der Waals surface area (Å²) in [5.41, 5.74) is 1.50. The molecule has 0 N–H and O–H groups in total. The Hall–Kier alpha value is -2.20. The Labute approximate surface area is 194 Å². The van der Waals surface area contributed by atoms with Crippen molar-refractivity contribution in [1.29, 1.82) is 0 Å². The van der Waals surface area contributed by atoms with Crippen LogP contribution in [0, 0.1) is 0 Å². The van der Waals surface area contributed by atoms with Crippen molar-refractivity contribution in [2.45, 2.75) is 39.0 Å². The number of fused-ring (bicyclic) bond motifs is 5. The minimum absolute atomic E-state index is 0.517. The zero-order valence-corrected chi connectivity index (χ0v) is 20.4. The largest absolute Gasteiger partial charge is 0.142 e. The van der Waals surface area contributed by atoms with Crippen LogP contribution in [0.3, 0.4) is 0 Å². The lowest BCUT2D eigenvalue weighted by molar-refractivity contribution is 0.781. The van der Waals surface area contributed by atoms with Crippen LogP contribution >= 0.6 is 34.0 Å². The third kappa shape index (κ3) is 3.31. The first kappa shape index (κ1) is 19.5. The van der Waals surface area contributed by atoms with Gasteiger partial charge in [0.1, 0.15) is 0 Å². The zero-order valence-electron chi connectivity index (χ0n) is 17.9. The van der Waals surface area contributed by atoms with Crippen LogP contribution in [0.4, 0.5) is 0 Å². The fourth-order valence-electron chi connectivity index (χ4n) is 4.52. The fraction of sp³-hybridized carbons (Fsp3) is 0.214. The SMILES string of the molecule is CC(C)c1cc2ccc3c(CC(C)c4cc5cc6ccccc6cc5s4)csc3c2s1. The molecule has 3 aromatic heterocycles. The van der Waals surface area contributed by atoms with Crippen molar-refractivity contribution in [3.63, 3.8) is 0 Å². The van der Waals surface area contributed by atoms with E-state index in [1.165, 1.54) is 56.3 Å². The molecule has 3 heterocycles. The molecule has 0 radical (unpaired) electrons. The molecule has 6 aromatic rings. The van der Waals surface area contributed by atoms with E-state index in [-0.39, 0.29) is 0 Å². The lowest BCUT2D eigenvalue weighted by Gasteiger charge is -2.08. The van der Waals surface area contributed by atoms with Gasteiger partial charge in [-0.25, -0.2) is 0 Å². The highest BCUT2D eigenvalue weighted by atomic mass is 32.1. The molecular formula is C28H24S3. The minimum Gasteiger partial charge on any atom is -0.142 e. The average Bonchev–Trinajstić information content (AvgIpc) is 3.47. The normalized spacial score (nSPS) is 13.3. The van der Waals surface area contributed by atoms with Crippen molar-refractivity contribution in [2.75, 3.05) is 0 Å². The summed E-state index contributed by atoms with van der Waals surface area (Å²) in [6, 6.07) is 22.8. The molecule has 0 fully saturated rings. The van der Waals surface area contributed by atoms with Gasteiger partial charge in [-0.1, -0.05) is 57.2 Å². The molecular weight excluding hydrogens is 433 g/mol. The molecule has 154 valence electrons. The Bertz CT molecular complexity index is 1500. The smallest absolute Gasteiger partial charge is 0.0524 e. The van der Waals surface area contributed by atoms with Crippen LogP contribution in [-0.4, -0.2) is 0 Å². The summed E-state index contributed by atoms with van der Waals surface area (Å²) in [7, 11) is 0. The summed E-state index contributed by atoms with van der Waals surface area (Å²) in [6.07, 6.45) is 1.10. The van der Waals surface area contributed by atoms with E-state index in [2.05, 4.69) is 86.8 Å². The van der Waals surface area contributed by atoms with Crippen LogP contribution < -0.4 is 0 Å². The molecule has 0 nitrogen and oxygen atoms in total. The van der Waals surface area contributed by atoms with Crippen LogP contribution in [0.25, 0.3) is 41.0 Å². The summed E-state index contributed by atoms with van der Waals surface area (Å²) >= 11 is 5.87. The van der Waals surface area contributed by atoms with Crippen LogP contribution in [0.15, 0.2) is 66.0 Å². The summed E-state index contributed by atoms with van der Waals surface area (Å²) in [5, 5.41) is 9.30. The first-order valence-electron chi connectivity index (χ1n) is 10.9. The van der Waals surface area contributed by atoms with Crippen LogP contribution in [0.1, 0.15) is 47.9 Å². The number of benzene rings is 3. The molecule has 3 aromatic carbocycles.